The highest BCUT2D eigenvalue weighted by Crippen LogP contribution is 2.16. The molecular formula is C17H24N2O2. The number of hydrogen-bond acceptors (Lipinski definition) is 3. The quantitative estimate of drug-likeness (QED) is 0.818. The van der Waals surface area contributed by atoms with E-state index in [1.807, 2.05) is 29.2 Å². The zero-order chi connectivity index (χ0) is 14.9. The fourth-order valence-electron chi connectivity index (χ4n) is 2.43. The first-order valence-corrected chi connectivity index (χ1v) is 7.65. The molecule has 0 radical (unpaired) electrons. The minimum absolute atomic E-state index is 0.184. The molecule has 2 rings (SSSR count). The second kappa shape index (κ2) is 8.35. The van der Waals surface area contributed by atoms with Gasteiger partial charge in [-0.1, -0.05) is 25.5 Å². The van der Waals surface area contributed by atoms with Crippen molar-refractivity contribution in [2.24, 2.45) is 0 Å². The molecule has 1 fully saturated rings. The molecule has 0 saturated carbocycles. The number of carbonyl (C=O) groups is 1. The lowest BCUT2D eigenvalue weighted by Crippen LogP contribution is -2.36. The Morgan fingerprint density at radius 3 is 2.48 bits per heavy atom. The first-order chi connectivity index (χ1) is 10.3. The van der Waals surface area contributed by atoms with Crippen molar-refractivity contribution >= 4 is 11.6 Å². The van der Waals surface area contributed by atoms with Crippen LogP contribution in [0.3, 0.4) is 0 Å². The van der Waals surface area contributed by atoms with E-state index < -0.39 is 0 Å². The Morgan fingerprint density at radius 1 is 1.19 bits per heavy atom. The average Bonchev–Trinajstić information content (AvgIpc) is 2.81. The molecule has 4 heteroatoms. The molecule has 1 aromatic rings. The van der Waals surface area contributed by atoms with Gasteiger partial charge in [-0.05, 0) is 37.1 Å². The Morgan fingerprint density at radius 2 is 1.86 bits per heavy atom. The predicted octanol–water partition coefficient (Wildman–Crippen LogP) is 3.07. The summed E-state index contributed by atoms with van der Waals surface area (Å²) in [6.45, 7) is 6.26. The maximum absolute atomic E-state index is 12.2. The van der Waals surface area contributed by atoms with Crippen LogP contribution in [-0.4, -0.2) is 37.0 Å². The first-order valence-electron chi connectivity index (χ1n) is 7.65. The number of likely N-dealkylation sites (tertiary alicyclic amines) is 1. The second-order valence-corrected chi connectivity index (χ2v) is 5.27. The Balaban J connectivity index is 1.78. The number of benzene rings is 1. The summed E-state index contributed by atoms with van der Waals surface area (Å²) in [6, 6.07) is 7.63. The van der Waals surface area contributed by atoms with Crippen LogP contribution in [0.25, 0.3) is 0 Å². The normalized spacial score (nSPS) is 15.1. The van der Waals surface area contributed by atoms with E-state index in [0.29, 0.717) is 13.2 Å². The summed E-state index contributed by atoms with van der Waals surface area (Å²) in [4.78, 5) is 14.1. The van der Waals surface area contributed by atoms with E-state index in [0.717, 1.165) is 37.4 Å². The molecule has 0 spiro atoms. The topological polar surface area (TPSA) is 41.6 Å². The van der Waals surface area contributed by atoms with E-state index in [9.17, 15) is 4.79 Å². The highest BCUT2D eigenvalue weighted by molar-refractivity contribution is 5.80. The summed E-state index contributed by atoms with van der Waals surface area (Å²) >= 11 is 0. The fourth-order valence-corrected chi connectivity index (χ4v) is 2.43. The van der Waals surface area contributed by atoms with Crippen molar-refractivity contribution in [1.82, 2.24) is 4.90 Å². The Hall–Kier alpha value is -1.97. The van der Waals surface area contributed by atoms with Crippen LogP contribution in [0.2, 0.25) is 0 Å². The maximum atomic E-state index is 12.2. The molecule has 1 aliphatic rings. The Bertz CT molecular complexity index is 448. The molecule has 0 aliphatic carbocycles. The van der Waals surface area contributed by atoms with Crippen LogP contribution in [0.5, 0.6) is 5.75 Å². The van der Waals surface area contributed by atoms with Gasteiger partial charge in [0.1, 0.15) is 12.4 Å². The van der Waals surface area contributed by atoms with Crippen LogP contribution in [0.4, 0.5) is 5.69 Å². The highest BCUT2D eigenvalue weighted by atomic mass is 16.5. The number of hydrogen-bond donors (Lipinski definition) is 1. The van der Waals surface area contributed by atoms with E-state index in [1.165, 1.54) is 12.8 Å². The molecule has 21 heavy (non-hydrogen) atoms. The van der Waals surface area contributed by atoms with Crippen molar-refractivity contribution in [2.45, 2.75) is 25.7 Å². The molecule has 1 saturated heterocycles. The smallest absolute Gasteiger partial charge is 0.241 e. The third-order valence-corrected chi connectivity index (χ3v) is 3.62. The van der Waals surface area contributed by atoms with Crippen molar-refractivity contribution < 1.29 is 9.53 Å². The Kier molecular flexibility index (Phi) is 6.13. The Labute approximate surface area is 126 Å². The molecule has 1 aliphatic heterocycles. The van der Waals surface area contributed by atoms with Crippen molar-refractivity contribution in [2.75, 3.05) is 31.6 Å². The number of amides is 1. The lowest BCUT2D eigenvalue weighted by molar-refractivity contribution is -0.129. The molecule has 1 heterocycles. The molecule has 0 unspecified atom stereocenters. The van der Waals surface area contributed by atoms with Crippen LogP contribution < -0.4 is 10.1 Å². The van der Waals surface area contributed by atoms with Gasteiger partial charge in [0, 0.05) is 18.8 Å². The molecule has 0 aromatic heterocycles. The summed E-state index contributed by atoms with van der Waals surface area (Å²) in [7, 11) is 0. The van der Waals surface area contributed by atoms with Crippen molar-refractivity contribution in [3.05, 3.63) is 36.9 Å². The zero-order valence-electron chi connectivity index (χ0n) is 12.5. The monoisotopic (exact) mass is 288 g/mol. The number of nitrogens with zero attached hydrogens (tertiary/aromatic N) is 1. The lowest BCUT2D eigenvalue weighted by Gasteiger charge is -2.20. The van der Waals surface area contributed by atoms with Gasteiger partial charge >= 0.3 is 0 Å². The second-order valence-electron chi connectivity index (χ2n) is 5.27. The van der Waals surface area contributed by atoms with Gasteiger partial charge in [-0.25, -0.2) is 0 Å². The maximum Gasteiger partial charge on any atom is 0.241 e. The molecular weight excluding hydrogens is 264 g/mol. The number of rotatable bonds is 6. The van der Waals surface area contributed by atoms with Gasteiger partial charge in [0.25, 0.3) is 0 Å². The molecule has 1 N–H and O–H groups in total. The van der Waals surface area contributed by atoms with E-state index in [4.69, 9.17) is 4.74 Å². The highest BCUT2D eigenvalue weighted by Gasteiger charge is 2.14. The lowest BCUT2D eigenvalue weighted by atomic mass is 10.2. The minimum atomic E-state index is 0.184. The predicted molar refractivity (Wildman–Crippen MR) is 85.7 cm³/mol. The van der Waals surface area contributed by atoms with E-state index in [2.05, 4.69) is 11.9 Å². The summed E-state index contributed by atoms with van der Waals surface area (Å²) in [5.74, 6) is 0.989. The van der Waals surface area contributed by atoms with E-state index in [1.54, 1.807) is 6.08 Å². The van der Waals surface area contributed by atoms with Crippen molar-refractivity contribution in [3.63, 3.8) is 0 Å². The van der Waals surface area contributed by atoms with E-state index >= 15 is 0 Å². The molecule has 1 aromatic carbocycles. The number of nitrogens with one attached hydrogen (secondary N) is 1. The summed E-state index contributed by atoms with van der Waals surface area (Å²) < 4.78 is 5.42. The van der Waals surface area contributed by atoms with Gasteiger partial charge in [-0.2, -0.15) is 0 Å². The number of carbonyl (C=O) groups excluding carboxylic acids is 1. The van der Waals surface area contributed by atoms with E-state index in [-0.39, 0.29) is 5.91 Å². The summed E-state index contributed by atoms with van der Waals surface area (Å²) in [5.41, 5.74) is 0.934. The summed E-state index contributed by atoms with van der Waals surface area (Å²) in [6.07, 6.45) is 6.45. The molecule has 0 bridgehead atoms. The average molecular weight is 288 g/mol. The zero-order valence-corrected chi connectivity index (χ0v) is 12.5. The first kappa shape index (κ1) is 15.4. The van der Waals surface area contributed by atoms with Gasteiger partial charge in [-0.3, -0.25) is 4.79 Å². The largest absolute Gasteiger partial charge is 0.490 e. The van der Waals surface area contributed by atoms with Gasteiger partial charge in [0.05, 0.1) is 6.54 Å². The van der Waals surface area contributed by atoms with Crippen LogP contribution >= 0.6 is 0 Å². The third-order valence-electron chi connectivity index (χ3n) is 3.62. The summed E-state index contributed by atoms with van der Waals surface area (Å²) in [5, 5.41) is 3.18. The fraction of sp³-hybridized carbons (Fsp3) is 0.471. The SMILES string of the molecule is C=CCOc1ccc(NCC(=O)N2CCCCCC2)cc1. The molecule has 0 atom stereocenters. The molecule has 1 amide bonds. The third kappa shape index (κ3) is 5.14. The molecule has 4 nitrogen and oxygen atoms in total. The van der Waals surface area contributed by atoms with Crippen molar-refractivity contribution in [3.8, 4) is 5.75 Å². The van der Waals surface area contributed by atoms with Crippen LogP contribution in [0, 0.1) is 0 Å². The van der Waals surface area contributed by atoms with Crippen LogP contribution in [0.1, 0.15) is 25.7 Å². The molecule has 114 valence electrons. The van der Waals surface area contributed by atoms with Crippen LogP contribution in [0.15, 0.2) is 36.9 Å². The minimum Gasteiger partial charge on any atom is -0.490 e. The van der Waals surface area contributed by atoms with Gasteiger partial charge < -0.3 is 15.0 Å². The van der Waals surface area contributed by atoms with Gasteiger partial charge in [0.2, 0.25) is 5.91 Å². The van der Waals surface area contributed by atoms with Gasteiger partial charge in [0.15, 0.2) is 0 Å². The number of anilines is 1. The van der Waals surface area contributed by atoms with Crippen LogP contribution in [-0.2, 0) is 4.79 Å². The van der Waals surface area contributed by atoms with Gasteiger partial charge in [-0.15, -0.1) is 0 Å². The number of ether oxygens (including phenoxy) is 1. The van der Waals surface area contributed by atoms with Crippen molar-refractivity contribution in [1.29, 1.82) is 0 Å². The standard InChI is InChI=1S/C17H24N2O2/c1-2-13-21-16-9-7-15(8-10-16)18-14-17(20)19-11-5-3-4-6-12-19/h2,7-10,18H,1,3-6,11-14H2.